The predicted octanol–water partition coefficient (Wildman–Crippen LogP) is 3.03. The van der Waals surface area contributed by atoms with Gasteiger partial charge in [0.2, 0.25) is 0 Å². The number of aromatic nitrogens is 4. The van der Waals surface area contributed by atoms with E-state index in [0.717, 1.165) is 54.4 Å². The molecule has 0 N–H and O–H groups in total. The molecule has 1 saturated heterocycles. The van der Waals surface area contributed by atoms with E-state index in [1.54, 1.807) is 12.5 Å². The minimum atomic E-state index is 0.154. The van der Waals surface area contributed by atoms with Crippen LogP contribution in [0.5, 0.6) is 0 Å². The lowest BCUT2D eigenvalue weighted by Crippen LogP contribution is -2.40. The lowest BCUT2D eigenvalue weighted by Gasteiger charge is -2.32. The van der Waals surface area contributed by atoms with Gasteiger partial charge in [-0.05, 0) is 42.7 Å². The van der Waals surface area contributed by atoms with Crippen molar-refractivity contribution in [3.63, 3.8) is 0 Å². The van der Waals surface area contributed by atoms with E-state index in [4.69, 9.17) is 0 Å². The van der Waals surface area contributed by atoms with Gasteiger partial charge in [-0.15, -0.1) is 11.3 Å². The van der Waals surface area contributed by atoms with E-state index in [9.17, 15) is 4.79 Å². The number of likely N-dealkylation sites (tertiary alicyclic amines) is 1. The topological polar surface area (TPSA) is 63.9 Å². The van der Waals surface area contributed by atoms with Crippen LogP contribution < -0.4 is 0 Å². The number of carbonyl (C=O) groups excluding carboxylic acids is 1. The number of carbonyl (C=O) groups is 1. The molecule has 0 aromatic carbocycles. The molecule has 1 amide bonds. The first-order valence-corrected chi connectivity index (χ1v) is 9.70. The molecule has 26 heavy (non-hydrogen) atoms. The maximum Gasteiger partial charge on any atom is 0.263 e. The number of amides is 1. The van der Waals surface area contributed by atoms with E-state index in [2.05, 4.69) is 15.0 Å². The fourth-order valence-corrected chi connectivity index (χ4v) is 4.20. The number of hydrogen-bond donors (Lipinski definition) is 0. The van der Waals surface area contributed by atoms with E-state index < -0.39 is 0 Å². The van der Waals surface area contributed by atoms with Gasteiger partial charge in [0.1, 0.15) is 12.0 Å². The van der Waals surface area contributed by atoms with Crippen LogP contribution in [0.2, 0.25) is 0 Å². The summed E-state index contributed by atoms with van der Waals surface area (Å²) in [5, 5.41) is 1.95. The molecule has 6 nitrogen and oxygen atoms in total. The Morgan fingerprint density at radius 1 is 1.35 bits per heavy atom. The SMILES string of the molecule is Cn1ccnc1-c1cc(C[C@H]2CCCN(C(=O)c3cccs3)C2)ncn1. The molecule has 0 spiro atoms. The Labute approximate surface area is 156 Å². The highest BCUT2D eigenvalue weighted by atomic mass is 32.1. The van der Waals surface area contributed by atoms with Crippen LogP contribution in [0.1, 0.15) is 28.2 Å². The zero-order valence-corrected chi connectivity index (χ0v) is 15.5. The zero-order chi connectivity index (χ0) is 17.9. The first-order chi connectivity index (χ1) is 12.7. The fourth-order valence-electron chi connectivity index (χ4n) is 3.51. The van der Waals surface area contributed by atoms with Crippen molar-refractivity contribution in [3.8, 4) is 11.5 Å². The quantitative estimate of drug-likeness (QED) is 0.711. The summed E-state index contributed by atoms with van der Waals surface area (Å²) in [5.74, 6) is 1.42. The molecule has 0 aliphatic carbocycles. The minimum absolute atomic E-state index is 0.154. The lowest BCUT2D eigenvalue weighted by atomic mass is 9.93. The average molecular weight is 367 g/mol. The van der Waals surface area contributed by atoms with Crippen LogP contribution in [0.4, 0.5) is 0 Å². The number of hydrogen-bond acceptors (Lipinski definition) is 5. The molecule has 134 valence electrons. The maximum atomic E-state index is 12.6. The van der Waals surface area contributed by atoms with Crippen LogP contribution in [0.15, 0.2) is 42.3 Å². The Bertz CT molecular complexity index is 889. The summed E-state index contributed by atoms with van der Waals surface area (Å²) in [6, 6.07) is 5.85. The van der Waals surface area contributed by atoms with Crippen molar-refractivity contribution in [1.29, 1.82) is 0 Å². The number of aryl methyl sites for hydroxylation is 1. The van der Waals surface area contributed by atoms with Crippen LogP contribution in [0.25, 0.3) is 11.5 Å². The van der Waals surface area contributed by atoms with Crippen molar-refractivity contribution in [1.82, 2.24) is 24.4 Å². The highest BCUT2D eigenvalue weighted by molar-refractivity contribution is 7.12. The minimum Gasteiger partial charge on any atom is -0.338 e. The third-order valence-electron chi connectivity index (χ3n) is 4.81. The number of rotatable bonds is 4. The van der Waals surface area contributed by atoms with Gasteiger partial charge in [-0.25, -0.2) is 15.0 Å². The van der Waals surface area contributed by atoms with Gasteiger partial charge in [-0.3, -0.25) is 4.79 Å². The third kappa shape index (κ3) is 3.53. The van der Waals surface area contributed by atoms with Gasteiger partial charge in [0.05, 0.1) is 4.88 Å². The monoisotopic (exact) mass is 367 g/mol. The Morgan fingerprint density at radius 2 is 2.27 bits per heavy atom. The summed E-state index contributed by atoms with van der Waals surface area (Å²) in [6.45, 7) is 1.63. The Hall–Kier alpha value is -2.54. The van der Waals surface area contributed by atoms with Gasteiger partial charge in [0.25, 0.3) is 5.91 Å². The summed E-state index contributed by atoms with van der Waals surface area (Å²) in [4.78, 5) is 28.6. The van der Waals surface area contributed by atoms with Crippen LogP contribution in [-0.2, 0) is 13.5 Å². The molecule has 3 aromatic heterocycles. The van der Waals surface area contributed by atoms with E-state index in [-0.39, 0.29) is 5.91 Å². The standard InChI is InChI=1S/C19H21N5OS/c1-23-8-6-20-18(23)16-11-15(21-13-22-16)10-14-4-2-7-24(12-14)19(25)17-5-3-9-26-17/h3,5-6,8-9,11,13-14H,2,4,7,10,12H2,1H3/t14-/m1/s1. The van der Waals surface area contributed by atoms with Gasteiger partial charge in [-0.1, -0.05) is 6.07 Å². The van der Waals surface area contributed by atoms with Crippen molar-refractivity contribution in [2.75, 3.05) is 13.1 Å². The molecule has 0 unspecified atom stereocenters. The molecule has 1 fully saturated rings. The molecule has 4 rings (SSSR count). The Morgan fingerprint density at radius 3 is 3.04 bits per heavy atom. The fraction of sp³-hybridized carbons (Fsp3) is 0.368. The van der Waals surface area contributed by atoms with Gasteiger partial charge in [0.15, 0.2) is 5.82 Å². The smallest absolute Gasteiger partial charge is 0.263 e. The van der Waals surface area contributed by atoms with Crippen molar-refractivity contribution in [2.45, 2.75) is 19.3 Å². The summed E-state index contributed by atoms with van der Waals surface area (Å²) >= 11 is 1.51. The van der Waals surface area contributed by atoms with Gasteiger partial charge >= 0.3 is 0 Å². The molecule has 0 saturated carbocycles. The molecule has 0 radical (unpaired) electrons. The van der Waals surface area contributed by atoms with Gasteiger partial charge in [0, 0.05) is 38.2 Å². The summed E-state index contributed by atoms with van der Waals surface area (Å²) < 4.78 is 1.95. The molecule has 0 bridgehead atoms. The molecule has 4 heterocycles. The Balaban J connectivity index is 1.46. The number of thiophene rings is 1. The van der Waals surface area contributed by atoms with Crippen LogP contribution in [0.3, 0.4) is 0 Å². The third-order valence-corrected chi connectivity index (χ3v) is 5.67. The predicted molar refractivity (Wildman–Crippen MR) is 101 cm³/mol. The molecule has 1 atom stereocenters. The van der Waals surface area contributed by atoms with Gasteiger partial charge in [-0.2, -0.15) is 0 Å². The first-order valence-electron chi connectivity index (χ1n) is 8.82. The largest absolute Gasteiger partial charge is 0.338 e. The van der Waals surface area contributed by atoms with E-state index in [1.165, 1.54) is 11.3 Å². The summed E-state index contributed by atoms with van der Waals surface area (Å²) in [6.07, 6.45) is 8.30. The second kappa shape index (κ2) is 7.37. The van der Waals surface area contributed by atoms with Crippen LogP contribution >= 0.6 is 11.3 Å². The normalized spacial score (nSPS) is 17.4. The van der Waals surface area contributed by atoms with E-state index in [1.807, 2.05) is 46.3 Å². The molecular formula is C19H21N5OS. The second-order valence-electron chi connectivity index (χ2n) is 6.70. The molecule has 3 aromatic rings. The Kier molecular flexibility index (Phi) is 4.79. The molecule has 7 heteroatoms. The highest BCUT2D eigenvalue weighted by Crippen LogP contribution is 2.24. The first kappa shape index (κ1) is 16.9. The number of nitrogens with zero attached hydrogens (tertiary/aromatic N) is 5. The molecular weight excluding hydrogens is 346 g/mol. The second-order valence-corrected chi connectivity index (χ2v) is 7.64. The number of piperidine rings is 1. The molecule has 1 aliphatic heterocycles. The van der Waals surface area contributed by atoms with Crippen molar-refractivity contribution >= 4 is 17.2 Å². The van der Waals surface area contributed by atoms with Gasteiger partial charge < -0.3 is 9.47 Å². The van der Waals surface area contributed by atoms with Crippen molar-refractivity contribution < 1.29 is 4.79 Å². The van der Waals surface area contributed by atoms with Crippen LogP contribution in [-0.4, -0.2) is 43.4 Å². The van der Waals surface area contributed by atoms with E-state index >= 15 is 0 Å². The average Bonchev–Trinajstić information content (AvgIpc) is 3.33. The highest BCUT2D eigenvalue weighted by Gasteiger charge is 2.25. The lowest BCUT2D eigenvalue weighted by molar-refractivity contribution is 0.0677. The van der Waals surface area contributed by atoms with Crippen LogP contribution in [0, 0.1) is 5.92 Å². The van der Waals surface area contributed by atoms with Crippen molar-refractivity contribution in [2.24, 2.45) is 13.0 Å². The number of imidazole rings is 1. The van der Waals surface area contributed by atoms with Crippen molar-refractivity contribution in [3.05, 3.63) is 52.9 Å². The zero-order valence-electron chi connectivity index (χ0n) is 14.7. The summed E-state index contributed by atoms with van der Waals surface area (Å²) in [7, 11) is 1.96. The van der Waals surface area contributed by atoms with E-state index in [0.29, 0.717) is 5.92 Å². The maximum absolute atomic E-state index is 12.6. The summed E-state index contributed by atoms with van der Waals surface area (Å²) in [5.41, 5.74) is 1.85. The molecule has 1 aliphatic rings.